The van der Waals surface area contributed by atoms with Crippen LogP contribution in [0.4, 0.5) is 0 Å². The van der Waals surface area contributed by atoms with Crippen molar-refractivity contribution in [3.63, 3.8) is 0 Å². The summed E-state index contributed by atoms with van der Waals surface area (Å²) in [7, 11) is 0. The van der Waals surface area contributed by atoms with Gasteiger partial charge in [0, 0.05) is 19.3 Å². The minimum absolute atomic E-state index is 0.0721. The molecule has 0 saturated heterocycles. The van der Waals surface area contributed by atoms with E-state index in [2.05, 4.69) is 57.2 Å². The molecule has 0 radical (unpaired) electrons. The van der Waals surface area contributed by atoms with Gasteiger partial charge >= 0.3 is 17.9 Å². The lowest BCUT2D eigenvalue weighted by Crippen LogP contribution is -2.30. The highest BCUT2D eigenvalue weighted by Crippen LogP contribution is 2.19. The highest BCUT2D eigenvalue weighted by atomic mass is 16.6. The monoisotopic (exact) mass is 1170 g/mol. The Morgan fingerprint density at radius 2 is 0.434 bits per heavy atom. The third-order valence-electron chi connectivity index (χ3n) is 17.1. The molecule has 488 valence electrons. The molecule has 0 fully saturated rings. The highest BCUT2D eigenvalue weighted by molar-refractivity contribution is 5.71. The molecule has 0 heterocycles. The molecule has 0 aromatic carbocycles. The van der Waals surface area contributed by atoms with Crippen molar-refractivity contribution in [1.29, 1.82) is 0 Å². The molecule has 0 aliphatic rings. The van der Waals surface area contributed by atoms with Crippen LogP contribution >= 0.6 is 0 Å². The Hall–Kier alpha value is -2.37. The molecule has 0 N–H and O–H groups in total. The van der Waals surface area contributed by atoms with Gasteiger partial charge < -0.3 is 14.2 Å². The van der Waals surface area contributed by atoms with Crippen LogP contribution < -0.4 is 0 Å². The summed E-state index contributed by atoms with van der Waals surface area (Å²) in [5.74, 6) is -0.854. The molecule has 0 bridgehead atoms. The van der Waals surface area contributed by atoms with Crippen molar-refractivity contribution < 1.29 is 28.6 Å². The number of hydrogen-bond acceptors (Lipinski definition) is 6. The van der Waals surface area contributed by atoms with Crippen LogP contribution in [-0.4, -0.2) is 37.2 Å². The lowest BCUT2D eigenvalue weighted by Gasteiger charge is -2.18. The second kappa shape index (κ2) is 72.1. The van der Waals surface area contributed by atoms with Gasteiger partial charge in [-0.1, -0.05) is 359 Å². The quantitative estimate of drug-likeness (QED) is 0.0261. The molecule has 0 aliphatic carbocycles. The second-order valence-electron chi connectivity index (χ2n) is 25.6. The Morgan fingerprint density at radius 3 is 0.687 bits per heavy atom. The van der Waals surface area contributed by atoms with Crippen molar-refractivity contribution in [3.05, 3.63) is 36.5 Å². The fourth-order valence-electron chi connectivity index (χ4n) is 11.5. The predicted molar refractivity (Wildman–Crippen MR) is 362 cm³/mol. The van der Waals surface area contributed by atoms with Gasteiger partial charge in [-0.3, -0.25) is 14.4 Å². The zero-order valence-electron chi connectivity index (χ0n) is 56.2. The maximum atomic E-state index is 13.0. The first-order valence-electron chi connectivity index (χ1n) is 37.5. The maximum Gasteiger partial charge on any atom is 0.306 e. The first-order chi connectivity index (χ1) is 41.0. The van der Waals surface area contributed by atoms with E-state index in [1.54, 1.807) is 0 Å². The maximum absolute atomic E-state index is 13.0. The minimum atomic E-state index is -0.778. The summed E-state index contributed by atoms with van der Waals surface area (Å²) in [5.41, 5.74) is 0. The summed E-state index contributed by atoms with van der Waals surface area (Å²) in [6.07, 6.45) is 90.5. The normalized spacial score (nSPS) is 12.2. The average Bonchev–Trinajstić information content (AvgIpc) is 3.50. The van der Waals surface area contributed by atoms with Crippen LogP contribution in [-0.2, 0) is 28.6 Å². The summed E-state index contributed by atoms with van der Waals surface area (Å²) in [5, 5.41) is 0. The van der Waals surface area contributed by atoms with Crippen LogP contribution in [0, 0.1) is 0 Å². The van der Waals surface area contributed by atoms with E-state index in [9.17, 15) is 14.4 Å². The Balaban J connectivity index is 4.21. The molecule has 1 unspecified atom stereocenters. The first kappa shape index (κ1) is 80.6. The van der Waals surface area contributed by atoms with Crippen molar-refractivity contribution in [3.8, 4) is 0 Å². The zero-order chi connectivity index (χ0) is 59.9. The van der Waals surface area contributed by atoms with Crippen LogP contribution in [0.25, 0.3) is 0 Å². The molecular weight excluding hydrogens is 1020 g/mol. The molecule has 0 aliphatic heterocycles. The van der Waals surface area contributed by atoms with Gasteiger partial charge in [0.2, 0.25) is 0 Å². The molecular formula is C77H144O6. The van der Waals surface area contributed by atoms with Crippen molar-refractivity contribution in [2.24, 2.45) is 0 Å². The van der Waals surface area contributed by atoms with Gasteiger partial charge in [0.25, 0.3) is 0 Å². The molecule has 6 nitrogen and oxygen atoms in total. The summed E-state index contributed by atoms with van der Waals surface area (Å²) in [6.45, 7) is 6.69. The van der Waals surface area contributed by atoms with E-state index in [4.69, 9.17) is 14.2 Å². The summed E-state index contributed by atoms with van der Waals surface area (Å²) in [6, 6.07) is 0. The van der Waals surface area contributed by atoms with Gasteiger partial charge in [-0.05, 0) is 77.0 Å². The smallest absolute Gasteiger partial charge is 0.306 e. The largest absolute Gasteiger partial charge is 0.462 e. The molecule has 0 saturated carbocycles. The summed E-state index contributed by atoms with van der Waals surface area (Å²) >= 11 is 0. The van der Waals surface area contributed by atoms with E-state index in [1.807, 2.05) is 0 Å². The average molecular weight is 1170 g/mol. The number of rotatable bonds is 70. The summed E-state index contributed by atoms with van der Waals surface area (Å²) in [4.78, 5) is 38.5. The van der Waals surface area contributed by atoms with Crippen molar-refractivity contribution in [2.75, 3.05) is 13.2 Å². The Kier molecular flexibility index (Phi) is 70.0. The molecule has 0 spiro atoms. The van der Waals surface area contributed by atoms with Crippen LogP contribution in [0.1, 0.15) is 419 Å². The summed E-state index contributed by atoms with van der Waals surface area (Å²) < 4.78 is 17.0. The number of allylic oxidation sites excluding steroid dienone is 6. The van der Waals surface area contributed by atoms with Gasteiger partial charge in [0.1, 0.15) is 13.2 Å². The number of carbonyl (C=O) groups excluding carboxylic acids is 3. The number of unbranched alkanes of at least 4 members (excludes halogenated alkanes) is 53. The van der Waals surface area contributed by atoms with E-state index < -0.39 is 6.10 Å². The molecule has 83 heavy (non-hydrogen) atoms. The molecule has 0 amide bonds. The minimum Gasteiger partial charge on any atom is -0.462 e. The zero-order valence-corrected chi connectivity index (χ0v) is 56.2. The van der Waals surface area contributed by atoms with Gasteiger partial charge in [0.15, 0.2) is 6.10 Å². The van der Waals surface area contributed by atoms with Crippen LogP contribution in [0.3, 0.4) is 0 Å². The van der Waals surface area contributed by atoms with Crippen molar-refractivity contribution >= 4 is 17.9 Å². The van der Waals surface area contributed by atoms with E-state index in [-0.39, 0.29) is 31.1 Å². The van der Waals surface area contributed by atoms with E-state index in [1.165, 1.54) is 308 Å². The SMILES string of the molecule is CCCCCC/C=C\C/C=C\CCCCCCCCCC(=O)OC(COC(=O)CCCCCCCCC/C=C\CCCCCCCC)COC(=O)CCCCCCCCCCCCCCCCCCCCCCCCCCCCCCCC. The van der Waals surface area contributed by atoms with Gasteiger partial charge in [0.05, 0.1) is 0 Å². The molecule has 1 atom stereocenters. The predicted octanol–water partition coefficient (Wildman–Crippen LogP) is 25.9. The van der Waals surface area contributed by atoms with Gasteiger partial charge in [-0.15, -0.1) is 0 Å². The molecule has 6 heteroatoms. The van der Waals surface area contributed by atoms with Crippen LogP contribution in [0.5, 0.6) is 0 Å². The lowest BCUT2D eigenvalue weighted by atomic mass is 10.0. The van der Waals surface area contributed by atoms with E-state index >= 15 is 0 Å². The second-order valence-corrected chi connectivity index (χ2v) is 25.6. The molecule has 0 aromatic rings. The lowest BCUT2D eigenvalue weighted by molar-refractivity contribution is -0.167. The third kappa shape index (κ3) is 70.3. The molecule has 0 rings (SSSR count). The van der Waals surface area contributed by atoms with Gasteiger partial charge in [-0.25, -0.2) is 0 Å². The van der Waals surface area contributed by atoms with Crippen LogP contribution in [0.2, 0.25) is 0 Å². The molecule has 0 aromatic heterocycles. The first-order valence-corrected chi connectivity index (χ1v) is 37.5. The number of carbonyl (C=O) groups is 3. The number of esters is 3. The van der Waals surface area contributed by atoms with Crippen LogP contribution in [0.15, 0.2) is 36.5 Å². The Bertz CT molecular complexity index is 1380. The number of hydrogen-bond donors (Lipinski definition) is 0. The Morgan fingerprint density at radius 1 is 0.241 bits per heavy atom. The fourth-order valence-corrected chi connectivity index (χ4v) is 11.5. The van der Waals surface area contributed by atoms with E-state index in [0.29, 0.717) is 19.3 Å². The van der Waals surface area contributed by atoms with Gasteiger partial charge in [-0.2, -0.15) is 0 Å². The van der Waals surface area contributed by atoms with E-state index in [0.717, 1.165) is 70.6 Å². The Labute approximate surface area is 518 Å². The van der Waals surface area contributed by atoms with Crippen molar-refractivity contribution in [2.45, 2.75) is 425 Å². The standard InChI is InChI=1S/C77H144O6/c1-4-7-10-13-16-19-22-25-28-31-33-34-35-36-37-38-39-40-41-42-43-44-47-49-52-55-58-61-64-67-70-76(79)82-73-74(72-81-75(78)69-66-63-60-57-54-51-48-45-30-27-24-21-18-15-12-9-6-3)83-77(80)71-68-65-62-59-56-53-50-46-32-29-26-23-20-17-14-11-8-5-2/h20,23,27,29-30,32,74H,4-19,21-22,24-26,28,31,33-73H2,1-3H3/b23-20-,30-27-,32-29-. The highest BCUT2D eigenvalue weighted by Gasteiger charge is 2.20. The fraction of sp³-hybridized carbons (Fsp3) is 0.883. The van der Waals surface area contributed by atoms with Crippen molar-refractivity contribution in [1.82, 2.24) is 0 Å². The number of ether oxygens (including phenoxy) is 3. The third-order valence-corrected chi connectivity index (χ3v) is 17.1. The topological polar surface area (TPSA) is 78.9 Å².